The van der Waals surface area contributed by atoms with E-state index in [0.717, 1.165) is 23.3 Å². The number of para-hydroxylation sites is 2. The highest BCUT2D eigenvalue weighted by Crippen LogP contribution is 2.31. The molecule has 2 N–H and O–H groups in total. The summed E-state index contributed by atoms with van der Waals surface area (Å²) >= 11 is 0. The molecule has 0 aliphatic carbocycles. The third-order valence-corrected chi connectivity index (χ3v) is 5.26. The minimum absolute atomic E-state index is 0.0524. The molecule has 2 atom stereocenters. The van der Waals surface area contributed by atoms with Gasteiger partial charge in [-0.25, -0.2) is 4.98 Å². The van der Waals surface area contributed by atoms with Crippen molar-refractivity contribution in [3.8, 4) is 0 Å². The van der Waals surface area contributed by atoms with Gasteiger partial charge in [0.05, 0.1) is 11.0 Å². The van der Waals surface area contributed by atoms with Crippen molar-refractivity contribution < 1.29 is 14.7 Å². The van der Waals surface area contributed by atoms with Crippen LogP contribution in [0.3, 0.4) is 0 Å². The van der Waals surface area contributed by atoms with Gasteiger partial charge in [-0.15, -0.1) is 0 Å². The van der Waals surface area contributed by atoms with Crippen LogP contribution in [0.4, 0.5) is 0 Å². The average molecular weight is 371 g/mol. The van der Waals surface area contributed by atoms with Gasteiger partial charge in [0.2, 0.25) is 5.91 Å². The number of imidazole rings is 1. The third kappa shape index (κ3) is 5.08. The molecule has 2 aromatic rings. The largest absolute Gasteiger partial charge is 0.481 e. The van der Waals surface area contributed by atoms with E-state index in [0.29, 0.717) is 25.9 Å². The molecular weight excluding hydrogens is 342 g/mol. The lowest BCUT2D eigenvalue weighted by Crippen LogP contribution is -2.46. The van der Waals surface area contributed by atoms with Crippen LogP contribution in [0.15, 0.2) is 24.3 Å². The number of nitrogens with one attached hydrogen (secondary N) is 1. The molecule has 1 aromatic carbocycles. The zero-order valence-corrected chi connectivity index (χ0v) is 16.4. The summed E-state index contributed by atoms with van der Waals surface area (Å²) in [5.74, 6) is 0.408. The Balaban J connectivity index is 1.75. The molecule has 27 heavy (non-hydrogen) atoms. The first kappa shape index (κ1) is 19.4. The number of carboxylic acid groups (broad SMARTS) is 1. The maximum absolute atomic E-state index is 12.7. The van der Waals surface area contributed by atoms with Crippen molar-refractivity contribution in [1.29, 1.82) is 0 Å². The first-order chi connectivity index (χ1) is 12.7. The number of aromatic nitrogens is 2. The monoisotopic (exact) mass is 371 g/mol. The second kappa shape index (κ2) is 7.71. The predicted molar refractivity (Wildman–Crippen MR) is 104 cm³/mol. The van der Waals surface area contributed by atoms with E-state index in [1.165, 1.54) is 0 Å². The third-order valence-electron chi connectivity index (χ3n) is 5.26. The summed E-state index contributed by atoms with van der Waals surface area (Å²) in [6.07, 6.45) is 2.04. The maximum Gasteiger partial charge on any atom is 0.303 e. The second-order valence-corrected chi connectivity index (χ2v) is 8.89. The number of fused-ring (bicyclic) bond motifs is 1. The van der Waals surface area contributed by atoms with E-state index in [4.69, 9.17) is 0 Å². The number of H-pyrrole nitrogens is 1. The summed E-state index contributed by atoms with van der Waals surface area (Å²) in [5, 5.41) is 9.29. The Bertz CT molecular complexity index is 788. The van der Waals surface area contributed by atoms with Crippen LogP contribution in [-0.2, 0) is 16.0 Å². The highest BCUT2D eigenvalue weighted by molar-refractivity contribution is 5.77. The molecule has 0 radical (unpaired) electrons. The van der Waals surface area contributed by atoms with E-state index in [1.54, 1.807) is 0 Å². The molecule has 1 saturated heterocycles. The number of amides is 1. The molecule has 6 nitrogen and oxygen atoms in total. The number of aliphatic carboxylic acids is 1. The summed E-state index contributed by atoms with van der Waals surface area (Å²) in [6, 6.07) is 7.86. The maximum atomic E-state index is 12.7. The van der Waals surface area contributed by atoms with Crippen LogP contribution in [-0.4, -0.2) is 44.9 Å². The van der Waals surface area contributed by atoms with Gasteiger partial charge in [-0.2, -0.15) is 0 Å². The molecule has 1 aromatic heterocycles. The lowest BCUT2D eigenvalue weighted by molar-refractivity contribution is -0.140. The predicted octanol–water partition coefficient (Wildman–Crippen LogP) is 3.48. The van der Waals surface area contributed by atoms with Crippen LogP contribution in [0.5, 0.6) is 0 Å². The second-order valence-electron chi connectivity index (χ2n) is 8.89. The molecule has 146 valence electrons. The molecule has 1 aliphatic rings. The lowest BCUT2D eigenvalue weighted by atomic mass is 9.80. The van der Waals surface area contributed by atoms with E-state index in [1.807, 2.05) is 29.2 Å². The summed E-state index contributed by atoms with van der Waals surface area (Å²) in [5.41, 5.74) is 1.85. The molecule has 0 spiro atoms. The van der Waals surface area contributed by atoms with Crippen LogP contribution in [0, 0.1) is 17.3 Å². The normalized spacial score (nSPS) is 20.8. The van der Waals surface area contributed by atoms with Crippen LogP contribution in [0.2, 0.25) is 0 Å². The molecule has 0 bridgehead atoms. The number of nitrogens with zero attached hydrogens (tertiary/aromatic N) is 2. The van der Waals surface area contributed by atoms with Gasteiger partial charge in [0, 0.05) is 32.4 Å². The number of carbonyl (C=O) groups excluding carboxylic acids is 1. The van der Waals surface area contributed by atoms with E-state index in [-0.39, 0.29) is 29.6 Å². The molecule has 0 unspecified atom stereocenters. The summed E-state index contributed by atoms with van der Waals surface area (Å²) in [4.78, 5) is 33.9. The van der Waals surface area contributed by atoms with E-state index < -0.39 is 5.97 Å². The molecule has 1 fully saturated rings. The lowest BCUT2D eigenvalue weighted by Gasteiger charge is -2.39. The number of likely N-dealkylation sites (tertiary alicyclic amines) is 1. The topological polar surface area (TPSA) is 86.3 Å². The van der Waals surface area contributed by atoms with Crippen molar-refractivity contribution in [2.45, 2.75) is 46.5 Å². The Kier molecular flexibility index (Phi) is 5.53. The average Bonchev–Trinajstić information content (AvgIpc) is 2.96. The number of piperidine rings is 1. The Morgan fingerprint density at radius 2 is 2.00 bits per heavy atom. The van der Waals surface area contributed by atoms with Crippen molar-refractivity contribution in [2.75, 3.05) is 13.1 Å². The number of carbonyl (C=O) groups is 2. The van der Waals surface area contributed by atoms with Crippen molar-refractivity contribution in [1.82, 2.24) is 14.9 Å². The number of carboxylic acids is 1. The summed E-state index contributed by atoms with van der Waals surface area (Å²) in [7, 11) is 0. The van der Waals surface area contributed by atoms with Crippen molar-refractivity contribution in [2.24, 2.45) is 17.3 Å². The minimum atomic E-state index is -0.774. The van der Waals surface area contributed by atoms with Gasteiger partial charge in [-0.3, -0.25) is 9.59 Å². The van der Waals surface area contributed by atoms with Crippen LogP contribution < -0.4 is 0 Å². The van der Waals surface area contributed by atoms with Crippen molar-refractivity contribution in [3.05, 3.63) is 30.1 Å². The smallest absolute Gasteiger partial charge is 0.303 e. The summed E-state index contributed by atoms with van der Waals surface area (Å²) < 4.78 is 0. The number of benzene rings is 1. The summed E-state index contributed by atoms with van der Waals surface area (Å²) in [6.45, 7) is 7.43. The Hall–Kier alpha value is -2.37. The highest BCUT2D eigenvalue weighted by atomic mass is 16.4. The van der Waals surface area contributed by atoms with E-state index in [2.05, 4.69) is 30.7 Å². The first-order valence-corrected chi connectivity index (χ1v) is 9.64. The van der Waals surface area contributed by atoms with E-state index in [9.17, 15) is 14.7 Å². The Labute approximate surface area is 160 Å². The van der Waals surface area contributed by atoms with E-state index >= 15 is 0 Å². The quantitative estimate of drug-likeness (QED) is 0.842. The Morgan fingerprint density at radius 1 is 1.26 bits per heavy atom. The van der Waals surface area contributed by atoms with Crippen molar-refractivity contribution >= 4 is 22.9 Å². The fourth-order valence-electron chi connectivity index (χ4n) is 3.95. The molecule has 0 saturated carbocycles. The van der Waals surface area contributed by atoms with Gasteiger partial charge in [0.25, 0.3) is 0 Å². The zero-order valence-electron chi connectivity index (χ0n) is 16.4. The highest BCUT2D eigenvalue weighted by Gasteiger charge is 2.34. The molecular formula is C21H29N3O3. The SMILES string of the molecule is CC(C)(C)CC(=O)N1CC[C@@H](CC(=O)O)[C@@H](Cc2nc3ccccc3[nH]2)C1. The first-order valence-electron chi connectivity index (χ1n) is 9.64. The zero-order chi connectivity index (χ0) is 19.6. The van der Waals surface area contributed by atoms with Gasteiger partial charge in [-0.05, 0) is 35.8 Å². The fraction of sp³-hybridized carbons (Fsp3) is 0.571. The number of rotatable bonds is 5. The standard InChI is InChI=1S/C21H29N3O3/c1-21(2,3)12-19(25)24-9-8-14(11-20(26)27)15(13-24)10-18-22-16-6-4-5-7-17(16)23-18/h4-7,14-15H,8-13H2,1-3H3,(H,22,23)(H,26,27)/t14-,15-/m0/s1. The van der Waals surface area contributed by atoms with Crippen molar-refractivity contribution in [3.63, 3.8) is 0 Å². The van der Waals surface area contributed by atoms with Crippen LogP contribution in [0.1, 0.15) is 45.9 Å². The fourth-order valence-corrected chi connectivity index (χ4v) is 3.95. The molecule has 6 heteroatoms. The van der Waals surface area contributed by atoms with Gasteiger partial charge < -0.3 is 15.0 Å². The molecule has 1 amide bonds. The van der Waals surface area contributed by atoms with Gasteiger partial charge >= 0.3 is 5.97 Å². The minimum Gasteiger partial charge on any atom is -0.481 e. The van der Waals surface area contributed by atoms with Crippen LogP contribution in [0.25, 0.3) is 11.0 Å². The molecule has 3 rings (SSSR count). The van der Waals surface area contributed by atoms with Crippen LogP contribution >= 0.6 is 0 Å². The van der Waals surface area contributed by atoms with Gasteiger partial charge in [0.1, 0.15) is 5.82 Å². The Morgan fingerprint density at radius 3 is 2.67 bits per heavy atom. The van der Waals surface area contributed by atoms with Gasteiger partial charge in [-0.1, -0.05) is 32.9 Å². The number of aromatic amines is 1. The molecule has 2 heterocycles. The number of hydrogen-bond acceptors (Lipinski definition) is 3. The van der Waals surface area contributed by atoms with Gasteiger partial charge in [0.15, 0.2) is 0 Å². The molecule has 1 aliphatic heterocycles. The number of hydrogen-bond donors (Lipinski definition) is 2.